The highest BCUT2D eigenvalue weighted by Gasteiger charge is 2.24. The van der Waals surface area contributed by atoms with Crippen molar-refractivity contribution in [3.63, 3.8) is 0 Å². The van der Waals surface area contributed by atoms with E-state index in [-0.39, 0.29) is 36.3 Å². The minimum atomic E-state index is -3.15. The van der Waals surface area contributed by atoms with Crippen LogP contribution in [0.2, 0.25) is 0 Å². The van der Waals surface area contributed by atoms with Gasteiger partial charge in [-0.1, -0.05) is 0 Å². The molecule has 1 saturated heterocycles. The Bertz CT molecular complexity index is 819. The van der Waals surface area contributed by atoms with Crippen molar-refractivity contribution in [2.75, 3.05) is 39.5 Å². The third-order valence-corrected chi connectivity index (χ3v) is 6.14. The molecule has 0 aromatic heterocycles. The highest BCUT2D eigenvalue weighted by atomic mass is 127. The van der Waals surface area contributed by atoms with Gasteiger partial charge in [0, 0.05) is 31.7 Å². The van der Waals surface area contributed by atoms with Gasteiger partial charge in [-0.15, -0.1) is 24.0 Å². The largest absolute Gasteiger partial charge is 0.497 e. The van der Waals surface area contributed by atoms with E-state index >= 15 is 0 Å². The van der Waals surface area contributed by atoms with Gasteiger partial charge in [0.05, 0.1) is 19.9 Å². The van der Waals surface area contributed by atoms with Crippen molar-refractivity contribution < 1.29 is 26.7 Å². The molecule has 0 atom stereocenters. The van der Waals surface area contributed by atoms with Gasteiger partial charge in [-0.25, -0.2) is 17.7 Å². The van der Waals surface area contributed by atoms with Gasteiger partial charge in [0.15, 0.2) is 5.96 Å². The second-order valence-corrected chi connectivity index (χ2v) is 9.02. The molecule has 1 aromatic rings. The van der Waals surface area contributed by atoms with Gasteiger partial charge < -0.3 is 20.1 Å². The van der Waals surface area contributed by atoms with Gasteiger partial charge in [-0.3, -0.25) is 0 Å². The molecule has 8 nitrogen and oxygen atoms in total. The van der Waals surface area contributed by atoms with Crippen LogP contribution in [0, 0.1) is 5.92 Å². The molecule has 1 aromatic carbocycles. The Morgan fingerprint density at radius 2 is 1.97 bits per heavy atom. The van der Waals surface area contributed by atoms with E-state index in [9.17, 15) is 17.2 Å². The molecule has 1 aliphatic rings. The fourth-order valence-electron chi connectivity index (χ4n) is 3.21. The SMILES string of the molecule is CCNC(=NCc1cc(OC)ccc1OC(F)F)NCC1CCN(S(C)(=O)=O)CC1.I. The van der Waals surface area contributed by atoms with Crippen LogP contribution in [0.15, 0.2) is 23.2 Å². The van der Waals surface area contributed by atoms with Crippen molar-refractivity contribution in [1.29, 1.82) is 0 Å². The van der Waals surface area contributed by atoms with Crippen molar-refractivity contribution in [1.82, 2.24) is 14.9 Å². The summed E-state index contributed by atoms with van der Waals surface area (Å²) in [6.07, 6.45) is 2.76. The maximum absolute atomic E-state index is 12.7. The number of aliphatic imine (C=N–C) groups is 1. The van der Waals surface area contributed by atoms with E-state index in [2.05, 4.69) is 20.4 Å². The molecule has 0 amide bonds. The molecule has 1 aliphatic heterocycles. The van der Waals surface area contributed by atoms with E-state index < -0.39 is 16.6 Å². The van der Waals surface area contributed by atoms with Crippen LogP contribution >= 0.6 is 24.0 Å². The van der Waals surface area contributed by atoms with Crippen molar-refractivity contribution in [3.05, 3.63) is 23.8 Å². The summed E-state index contributed by atoms with van der Waals surface area (Å²) in [6.45, 7) is 1.43. The molecule has 0 saturated carbocycles. The maximum Gasteiger partial charge on any atom is 0.387 e. The maximum atomic E-state index is 12.7. The average Bonchev–Trinajstić information content (AvgIpc) is 2.70. The first-order valence-corrected chi connectivity index (χ1v) is 11.7. The van der Waals surface area contributed by atoms with Crippen LogP contribution in [0.4, 0.5) is 8.78 Å². The molecule has 0 radical (unpaired) electrons. The Morgan fingerprint density at radius 1 is 1.29 bits per heavy atom. The fourth-order valence-corrected chi connectivity index (χ4v) is 4.08. The summed E-state index contributed by atoms with van der Waals surface area (Å²) < 4.78 is 59.8. The number of halogens is 3. The third-order valence-electron chi connectivity index (χ3n) is 4.84. The van der Waals surface area contributed by atoms with Crippen LogP contribution in [0.1, 0.15) is 25.3 Å². The Labute approximate surface area is 199 Å². The lowest BCUT2D eigenvalue weighted by molar-refractivity contribution is -0.0504. The first-order chi connectivity index (χ1) is 14.2. The van der Waals surface area contributed by atoms with Gasteiger partial charge in [-0.05, 0) is 43.9 Å². The summed E-state index contributed by atoms with van der Waals surface area (Å²) in [5.41, 5.74) is 0.480. The monoisotopic (exact) mass is 576 g/mol. The lowest BCUT2D eigenvalue weighted by Gasteiger charge is -2.30. The second-order valence-electron chi connectivity index (χ2n) is 7.03. The van der Waals surface area contributed by atoms with Crippen molar-refractivity contribution in [2.24, 2.45) is 10.9 Å². The van der Waals surface area contributed by atoms with Gasteiger partial charge in [0.25, 0.3) is 0 Å². The molecular formula is C19H31F2IN4O4S. The van der Waals surface area contributed by atoms with Crippen LogP contribution in [-0.2, 0) is 16.6 Å². The molecule has 1 fully saturated rings. The molecule has 1 heterocycles. The number of sulfonamides is 1. The number of alkyl halides is 2. The first-order valence-electron chi connectivity index (χ1n) is 9.82. The summed E-state index contributed by atoms with van der Waals surface area (Å²) in [4.78, 5) is 4.47. The lowest BCUT2D eigenvalue weighted by Crippen LogP contribution is -2.44. The molecular weight excluding hydrogens is 545 g/mol. The van der Waals surface area contributed by atoms with Crippen molar-refractivity contribution >= 4 is 40.0 Å². The van der Waals surface area contributed by atoms with E-state index in [1.165, 1.54) is 23.7 Å². The van der Waals surface area contributed by atoms with Crippen LogP contribution in [0.5, 0.6) is 11.5 Å². The number of hydrogen-bond donors (Lipinski definition) is 2. The number of methoxy groups -OCH3 is 1. The third kappa shape index (κ3) is 9.31. The topological polar surface area (TPSA) is 92.3 Å². The zero-order valence-electron chi connectivity index (χ0n) is 17.9. The van der Waals surface area contributed by atoms with E-state index in [4.69, 9.17) is 4.74 Å². The standard InChI is InChI=1S/C19H30F2N4O4S.HI/c1-4-22-19(23-12-14-7-9-25(10-8-14)30(3,26)27)24-13-15-11-16(28-2)5-6-17(15)29-18(20)21;/h5-6,11,14,18H,4,7-10,12-13H2,1-3H3,(H2,22,23,24);1H. The normalized spacial score (nSPS) is 16.0. The van der Waals surface area contributed by atoms with Gasteiger partial charge >= 0.3 is 6.61 Å². The van der Waals surface area contributed by atoms with E-state index in [1.807, 2.05) is 6.92 Å². The van der Waals surface area contributed by atoms with Crippen LogP contribution in [-0.4, -0.2) is 64.8 Å². The Balaban J connectivity index is 0.00000480. The summed E-state index contributed by atoms with van der Waals surface area (Å²) in [5, 5.41) is 6.38. The molecule has 2 N–H and O–H groups in total. The van der Waals surface area contributed by atoms with Crippen LogP contribution in [0.3, 0.4) is 0 Å². The summed E-state index contributed by atoms with van der Waals surface area (Å²) >= 11 is 0. The highest BCUT2D eigenvalue weighted by molar-refractivity contribution is 14.0. The van der Waals surface area contributed by atoms with Gasteiger partial charge in [0.1, 0.15) is 11.5 Å². The molecule has 178 valence electrons. The molecule has 31 heavy (non-hydrogen) atoms. The smallest absolute Gasteiger partial charge is 0.387 e. The minimum Gasteiger partial charge on any atom is -0.497 e. The molecule has 0 bridgehead atoms. The van der Waals surface area contributed by atoms with Crippen molar-refractivity contribution in [3.8, 4) is 11.5 Å². The zero-order chi connectivity index (χ0) is 22.1. The Hall–Kier alpha value is -1.41. The number of hydrogen-bond acceptors (Lipinski definition) is 5. The highest BCUT2D eigenvalue weighted by Crippen LogP contribution is 2.26. The number of rotatable bonds is 9. The lowest BCUT2D eigenvalue weighted by atomic mass is 9.98. The number of nitrogens with one attached hydrogen (secondary N) is 2. The number of nitrogens with zero attached hydrogens (tertiary/aromatic N) is 2. The van der Waals surface area contributed by atoms with Gasteiger partial charge in [-0.2, -0.15) is 8.78 Å². The quantitative estimate of drug-likeness (QED) is 0.267. The molecule has 0 aliphatic carbocycles. The summed E-state index contributed by atoms with van der Waals surface area (Å²) in [5.74, 6) is 1.45. The number of ether oxygens (including phenoxy) is 2. The molecule has 0 unspecified atom stereocenters. The predicted octanol–water partition coefficient (Wildman–Crippen LogP) is 2.64. The number of benzene rings is 1. The second kappa shape index (κ2) is 13.2. The van der Waals surface area contributed by atoms with Crippen LogP contribution in [0.25, 0.3) is 0 Å². The number of piperidine rings is 1. The predicted molar refractivity (Wildman–Crippen MR) is 127 cm³/mol. The van der Waals surface area contributed by atoms with E-state index in [0.717, 1.165) is 12.8 Å². The molecule has 2 rings (SSSR count). The van der Waals surface area contributed by atoms with Gasteiger partial charge in [0.2, 0.25) is 10.0 Å². The zero-order valence-corrected chi connectivity index (χ0v) is 21.1. The number of guanidine groups is 1. The van der Waals surface area contributed by atoms with Crippen molar-refractivity contribution in [2.45, 2.75) is 32.9 Å². The molecule has 12 heteroatoms. The fraction of sp³-hybridized carbons (Fsp3) is 0.632. The first kappa shape index (κ1) is 27.6. The average molecular weight is 576 g/mol. The summed E-state index contributed by atoms with van der Waals surface area (Å²) in [6, 6.07) is 4.61. The Kier molecular flexibility index (Phi) is 11.8. The minimum absolute atomic E-state index is 0. The Morgan fingerprint density at radius 3 is 2.52 bits per heavy atom. The van der Waals surface area contributed by atoms with E-state index in [0.29, 0.717) is 49.4 Å². The molecule has 0 spiro atoms. The summed E-state index contributed by atoms with van der Waals surface area (Å²) in [7, 11) is -1.65. The van der Waals surface area contributed by atoms with E-state index in [1.54, 1.807) is 12.1 Å². The van der Waals surface area contributed by atoms with Crippen LogP contribution < -0.4 is 20.1 Å².